The minimum absolute atomic E-state index is 0.108. The number of likely N-dealkylation sites (tertiary alicyclic amines) is 1. The number of benzene rings is 1. The van der Waals surface area contributed by atoms with Gasteiger partial charge >= 0.3 is 6.18 Å². The Morgan fingerprint density at radius 2 is 1.81 bits per heavy atom. The first kappa shape index (κ1) is 16.6. The monoisotopic (exact) mass is 411 g/mol. The predicted octanol–water partition coefficient (Wildman–Crippen LogP) is 4.57. The van der Waals surface area contributed by atoms with Crippen LogP contribution in [0.4, 0.5) is 13.2 Å². The number of hydrogen-bond donors (Lipinski definition) is 0. The first-order chi connectivity index (χ1) is 9.60. The summed E-state index contributed by atoms with van der Waals surface area (Å²) in [6, 6.07) is 3.79. The number of carbonyl (C=O) groups is 1. The molecule has 0 unspecified atom stereocenters. The van der Waals surface area contributed by atoms with E-state index < -0.39 is 11.7 Å². The zero-order valence-electron chi connectivity index (χ0n) is 11.9. The molecule has 1 aromatic rings. The highest BCUT2D eigenvalue weighted by Crippen LogP contribution is 2.34. The first-order valence-electron chi connectivity index (χ1n) is 6.76. The number of carbonyl (C=O) groups excluding carboxylic acids is 1. The Hall–Kier alpha value is -0.790. The van der Waals surface area contributed by atoms with Gasteiger partial charge in [-0.15, -0.1) is 0 Å². The van der Waals surface area contributed by atoms with E-state index in [1.165, 1.54) is 12.1 Å². The van der Waals surface area contributed by atoms with Crippen LogP contribution in [0.25, 0.3) is 0 Å². The molecule has 0 aliphatic carbocycles. The van der Waals surface area contributed by atoms with E-state index in [-0.39, 0.29) is 20.5 Å². The Morgan fingerprint density at radius 3 is 2.33 bits per heavy atom. The topological polar surface area (TPSA) is 20.3 Å². The number of piperidine rings is 1. The van der Waals surface area contributed by atoms with Crippen molar-refractivity contribution in [2.45, 2.75) is 32.9 Å². The van der Waals surface area contributed by atoms with Gasteiger partial charge in [0, 0.05) is 22.2 Å². The second-order valence-electron chi connectivity index (χ2n) is 6.15. The van der Waals surface area contributed by atoms with Gasteiger partial charge in [0.25, 0.3) is 5.91 Å². The van der Waals surface area contributed by atoms with Crippen LogP contribution in [0.2, 0.25) is 0 Å². The van der Waals surface area contributed by atoms with Crippen molar-refractivity contribution in [2.24, 2.45) is 5.41 Å². The Morgan fingerprint density at radius 1 is 1.24 bits per heavy atom. The van der Waals surface area contributed by atoms with Crippen molar-refractivity contribution in [3.8, 4) is 0 Å². The molecule has 0 saturated carbocycles. The fourth-order valence-electron chi connectivity index (χ4n) is 2.37. The third kappa shape index (κ3) is 3.90. The molecule has 1 fully saturated rings. The molecule has 1 aliphatic heterocycles. The summed E-state index contributed by atoms with van der Waals surface area (Å²) in [5.74, 6) is -0.313. The molecule has 0 N–H and O–H groups in total. The molecule has 1 amide bonds. The molecule has 1 aromatic carbocycles. The fraction of sp³-hybridized carbons (Fsp3) is 0.533. The lowest BCUT2D eigenvalue weighted by atomic mass is 9.82. The number of nitrogens with zero attached hydrogens (tertiary/aromatic N) is 1. The van der Waals surface area contributed by atoms with E-state index in [0.29, 0.717) is 13.1 Å². The van der Waals surface area contributed by atoms with E-state index in [2.05, 4.69) is 13.8 Å². The third-order valence-electron chi connectivity index (χ3n) is 3.92. The van der Waals surface area contributed by atoms with Crippen molar-refractivity contribution < 1.29 is 18.0 Å². The van der Waals surface area contributed by atoms with Crippen LogP contribution in [0.1, 0.15) is 42.6 Å². The molecule has 1 heterocycles. The summed E-state index contributed by atoms with van der Waals surface area (Å²) in [6.07, 6.45) is -2.69. The molecule has 0 aromatic heterocycles. The molecule has 2 rings (SSSR count). The minimum atomic E-state index is -4.43. The average molecular weight is 411 g/mol. The standard InChI is InChI=1S/C15H17F3INO/c1-14(2)5-7-20(8-6-14)13(21)10-3-4-12(19)11(9-10)15(16,17)18/h3-4,9H,5-8H2,1-2H3. The van der Waals surface area contributed by atoms with Gasteiger partial charge in [0.05, 0.1) is 5.56 Å². The highest BCUT2D eigenvalue weighted by atomic mass is 127. The fourth-order valence-corrected chi connectivity index (χ4v) is 3.01. The van der Waals surface area contributed by atoms with Gasteiger partial charge in [-0.1, -0.05) is 13.8 Å². The van der Waals surface area contributed by atoms with Gasteiger partial charge in [-0.05, 0) is 59.0 Å². The maximum atomic E-state index is 12.9. The molecular formula is C15H17F3INO. The highest BCUT2D eigenvalue weighted by Gasteiger charge is 2.34. The van der Waals surface area contributed by atoms with Gasteiger partial charge in [0.2, 0.25) is 0 Å². The molecule has 0 atom stereocenters. The molecule has 0 bridgehead atoms. The third-order valence-corrected chi connectivity index (χ3v) is 4.86. The van der Waals surface area contributed by atoms with Gasteiger partial charge in [0.15, 0.2) is 0 Å². The quantitative estimate of drug-likeness (QED) is 0.620. The van der Waals surface area contributed by atoms with Gasteiger partial charge in [0.1, 0.15) is 0 Å². The van der Waals surface area contributed by atoms with Gasteiger partial charge in [-0.3, -0.25) is 4.79 Å². The Bertz CT molecular complexity index is 544. The average Bonchev–Trinajstić information content (AvgIpc) is 2.37. The van der Waals surface area contributed by atoms with Crippen LogP contribution in [0.3, 0.4) is 0 Å². The maximum absolute atomic E-state index is 12.9. The zero-order valence-corrected chi connectivity index (χ0v) is 14.1. The lowest BCUT2D eigenvalue weighted by molar-refractivity contribution is -0.138. The second kappa shape index (κ2) is 5.78. The largest absolute Gasteiger partial charge is 0.417 e. The summed E-state index contributed by atoms with van der Waals surface area (Å²) in [4.78, 5) is 14.0. The minimum Gasteiger partial charge on any atom is -0.339 e. The Kier molecular flexibility index (Phi) is 4.56. The molecule has 2 nitrogen and oxygen atoms in total. The summed E-state index contributed by atoms with van der Waals surface area (Å²) in [7, 11) is 0. The number of rotatable bonds is 1. The molecule has 0 spiro atoms. The Labute approximate surface area is 135 Å². The first-order valence-corrected chi connectivity index (χ1v) is 7.84. The predicted molar refractivity (Wildman–Crippen MR) is 83.1 cm³/mol. The van der Waals surface area contributed by atoms with Crippen LogP contribution < -0.4 is 0 Å². The van der Waals surface area contributed by atoms with Crippen molar-refractivity contribution in [1.82, 2.24) is 4.90 Å². The van der Waals surface area contributed by atoms with E-state index >= 15 is 0 Å². The summed E-state index contributed by atoms with van der Waals surface area (Å²) < 4.78 is 38.8. The van der Waals surface area contributed by atoms with Gasteiger partial charge in [-0.25, -0.2) is 0 Å². The van der Waals surface area contributed by atoms with Crippen LogP contribution in [-0.4, -0.2) is 23.9 Å². The highest BCUT2D eigenvalue weighted by molar-refractivity contribution is 14.1. The molecule has 6 heteroatoms. The Balaban J connectivity index is 2.21. The molecule has 1 saturated heterocycles. The van der Waals surface area contributed by atoms with Gasteiger partial charge in [-0.2, -0.15) is 13.2 Å². The molecule has 0 radical (unpaired) electrons. The SMILES string of the molecule is CC1(C)CCN(C(=O)c2ccc(I)c(C(F)(F)F)c2)CC1. The van der Waals surface area contributed by atoms with Crippen molar-refractivity contribution in [1.29, 1.82) is 0 Å². The van der Waals surface area contributed by atoms with E-state index in [9.17, 15) is 18.0 Å². The summed E-state index contributed by atoms with van der Waals surface area (Å²) in [5.41, 5.74) is -0.436. The molecule has 1 aliphatic rings. The number of amides is 1. The lowest BCUT2D eigenvalue weighted by Gasteiger charge is -2.37. The van der Waals surface area contributed by atoms with Crippen molar-refractivity contribution in [2.75, 3.05) is 13.1 Å². The zero-order chi connectivity index (χ0) is 15.8. The second-order valence-corrected chi connectivity index (χ2v) is 7.31. The smallest absolute Gasteiger partial charge is 0.339 e. The van der Waals surface area contributed by atoms with Crippen LogP contribution in [0.5, 0.6) is 0 Å². The van der Waals surface area contributed by atoms with Crippen molar-refractivity contribution >= 4 is 28.5 Å². The van der Waals surface area contributed by atoms with Gasteiger partial charge < -0.3 is 4.90 Å². The van der Waals surface area contributed by atoms with E-state index in [1.807, 2.05) is 0 Å². The van der Waals surface area contributed by atoms with E-state index in [1.54, 1.807) is 27.5 Å². The molecular weight excluding hydrogens is 394 g/mol. The molecule has 21 heavy (non-hydrogen) atoms. The molecule has 116 valence electrons. The summed E-state index contributed by atoms with van der Waals surface area (Å²) in [5, 5.41) is 0. The van der Waals surface area contributed by atoms with E-state index in [4.69, 9.17) is 0 Å². The summed E-state index contributed by atoms with van der Waals surface area (Å²) in [6.45, 7) is 5.47. The van der Waals surface area contributed by atoms with Crippen LogP contribution in [0.15, 0.2) is 18.2 Å². The normalized spacial score (nSPS) is 18.7. The van der Waals surface area contributed by atoms with Crippen LogP contribution >= 0.6 is 22.6 Å². The maximum Gasteiger partial charge on any atom is 0.417 e. The summed E-state index contributed by atoms with van der Waals surface area (Å²) >= 11 is 1.64. The number of hydrogen-bond acceptors (Lipinski definition) is 1. The van der Waals surface area contributed by atoms with Crippen molar-refractivity contribution in [3.63, 3.8) is 0 Å². The van der Waals surface area contributed by atoms with E-state index in [0.717, 1.165) is 18.9 Å². The van der Waals surface area contributed by atoms with Crippen LogP contribution in [-0.2, 0) is 6.18 Å². The number of alkyl halides is 3. The lowest BCUT2D eigenvalue weighted by Crippen LogP contribution is -2.41. The number of halogens is 4. The van der Waals surface area contributed by atoms with Crippen molar-refractivity contribution in [3.05, 3.63) is 32.9 Å². The van der Waals surface area contributed by atoms with Crippen LogP contribution in [0, 0.1) is 8.99 Å².